The van der Waals surface area contributed by atoms with E-state index in [2.05, 4.69) is 42.1 Å². The van der Waals surface area contributed by atoms with Crippen molar-refractivity contribution in [2.45, 2.75) is 39.8 Å². The SMILES string of the molecule is CC(C)(C)CC(O)CNCc1c[nH]c2ncccc12. The van der Waals surface area contributed by atoms with Gasteiger partial charge in [0.25, 0.3) is 0 Å². The first-order valence-electron chi connectivity index (χ1n) is 6.75. The van der Waals surface area contributed by atoms with Gasteiger partial charge in [-0.15, -0.1) is 0 Å². The maximum atomic E-state index is 9.94. The number of aromatic amines is 1. The van der Waals surface area contributed by atoms with Gasteiger partial charge in [-0.1, -0.05) is 20.8 Å². The van der Waals surface area contributed by atoms with Crippen LogP contribution in [0.5, 0.6) is 0 Å². The molecule has 0 aromatic carbocycles. The summed E-state index contributed by atoms with van der Waals surface area (Å²) in [6, 6.07) is 4.00. The highest BCUT2D eigenvalue weighted by Gasteiger charge is 2.16. The lowest BCUT2D eigenvalue weighted by atomic mass is 9.89. The third-order valence-corrected chi connectivity index (χ3v) is 3.08. The molecule has 0 amide bonds. The molecule has 2 aromatic rings. The first kappa shape index (κ1) is 14.0. The molecule has 0 bridgehead atoms. The molecule has 19 heavy (non-hydrogen) atoms. The number of rotatable bonds is 5. The highest BCUT2D eigenvalue weighted by molar-refractivity contribution is 5.79. The molecule has 2 aromatic heterocycles. The zero-order valence-corrected chi connectivity index (χ0v) is 11.9. The average Bonchev–Trinajstić information content (AvgIpc) is 2.70. The fraction of sp³-hybridized carbons (Fsp3) is 0.533. The topological polar surface area (TPSA) is 60.9 Å². The average molecular weight is 261 g/mol. The van der Waals surface area contributed by atoms with E-state index >= 15 is 0 Å². The zero-order valence-electron chi connectivity index (χ0n) is 11.9. The molecule has 1 unspecified atom stereocenters. The van der Waals surface area contributed by atoms with Crippen molar-refractivity contribution in [2.24, 2.45) is 5.41 Å². The second kappa shape index (κ2) is 5.72. The molecular formula is C15H23N3O. The zero-order chi connectivity index (χ0) is 13.9. The van der Waals surface area contributed by atoms with Crippen molar-refractivity contribution in [2.75, 3.05) is 6.54 Å². The molecule has 0 saturated carbocycles. The minimum absolute atomic E-state index is 0.159. The first-order valence-corrected chi connectivity index (χ1v) is 6.75. The van der Waals surface area contributed by atoms with E-state index in [0.717, 1.165) is 24.0 Å². The summed E-state index contributed by atoms with van der Waals surface area (Å²) in [4.78, 5) is 7.41. The van der Waals surface area contributed by atoms with Crippen molar-refractivity contribution < 1.29 is 5.11 Å². The van der Waals surface area contributed by atoms with Crippen LogP contribution in [-0.4, -0.2) is 27.7 Å². The van der Waals surface area contributed by atoms with Gasteiger partial charge in [-0.25, -0.2) is 4.98 Å². The Bertz CT molecular complexity index is 527. The second-order valence-corrected chi connectivity index (χ2v) is 6.26. The molecule has 4 heteroatoms. The highest BCUT2D eigenvalue weighted by Crippen LogP contribution is 2.20. The fourth-order valence-corrected chi connectivity index (χ4v) is 2.31. The number of hydrogen-bond acceptors (Lipinski definition) is 3. The fourth-order valence-electron chi connectivity index (χ4n) is 2.31. The van der Waals surface area contributed by atoms with Gasteiger partial charge in [0.15, 0.2) is 0 Å². The first-order chi connectivity index (χ1) is 8.96. The monoisotopic (exact) mass is 261 g/mol. The van der Waals surface area contributed by atoms with Crippen LogP contribution in [0.4, 0.5) is 0 Å². The number of hydrogen-bond donors (Lipinski definition) is 3. The molecule has 2 heterocycles. The predicted molar refractivity (Wildman–Crippen MR) is 77.9 cm³/mol. The smallest absolute Gasteiger partial charge is 0.137 e. The van der Waals surface area contributed by atoms with Crippen LogP contribution in [0.3, 0.4) is 0 Å². The van der Waals surface area contributed by atoms with E-state index in [-0.39, 0.29) is 11.5 Å². The van der Waals surface area contributed by atoms with Gasteiger partial charge in [-0.2, -0.15) is 0 Å². The highest BCUT2D eigenvalue weighted by atomic mass is 16.3. The Kier molecular flexibility index (Phi) is 4.22. The van der Waals surface area contributed by atoms with Crippen LogP contribution in [0.25, 0.3) is 11.0 Å². The van der Waals surface area contributed by atoms with Crippen LogP contribution in [0, 0.1) is 5.41 Å². The summed E-state index contributed by atoms with van der Waals surface area (Å²) in [6.07, 6.45) is 4.25. The van der Waals surface area contributed by atoms with Crippen molar-refractivity contribution in [3.63, 3.8) is 0 Å². The molecule has 3 N–H and O–H groups in total. The number of pyridine rings is 1. The van der Waals surface area contributed by atoms with Crippen molar-refractivity contribution >= 4 is 11.0 Å². The van der Waals surface area contributed by atoms with Crippen molar-refractivity contribution in [3.8, 4) is 0 Å². The number of fused-ring (bicyclic) bond motifs is 1. The van der Waals surface area contributed by atoms with Gasteiger partial charge in [0, 0.05) is 30.9 Å². The van der Waals surface area contributed by atoms with E-state index < -0.39 is 0 Å². The minimum Gasteiger partial charge on any atom is -0.392 e. The third kappa shape index (κ3) is 4.04. The largest absolute Gasteiger partial charge is 0.392 e. The Balaban J connectivity index is 1.86. The second-order valence-electron chi connectivity index (χ2n) is 6.26. The van der Waals surface area contributed by atoms with Gasteiger partial charge < -0.3 is 15.4 Å². The molecule has 0 saturated heterocycles. The van der Waals surface area contributed by atoms with Crippen LogP contribution in [0.15, 0.2) is 24.5 Å². The van der Waals surface area contributed by atoms with Gasteiger partial charge in [0.2, 0.25) is 0 Å². The maximum Gasteiger partial charge on any atom is 0.137 e. The van der Waals surface area contributed by atoms with Crippen LogP contribution >= 0.6 is 0 Å². The molecule has 0 aliphatic rings. The van der Waals surface area contributed by atoms with Gasteiger partial charge in [0.1, 0.15) is 5.65 Å². The molecule has 1 atom stereocenters. The summed E-state index contributed by atoms with van der Waals surface area (Å²) in [5, 5.41) is 14.4. The van der Waals surface area contributed by atoms with E-state index in [1.54, 1.807) is 6.20 Å². The number of aliphatic hydroxyl groups is 1. The number of aromatic nitrogens is 2. The van der Waals surface area contributed by atoms with Crippen molar-refractivity contribution in [1.29, 1.82) is 0 Å². The van der Waals surface area contributed by atoms with Gasteiger partial charge in [-0.3, -0.25) is 0 Å². The molecular weight excluding hydrogens is 238 g/mol. The third-order valence-electron chi connectivity index (χ3n) is 3.08. The summed E-state index contributed by atoms with van der Waals surface area (Å²) >= 11 is 0. The van der Waals surface area contributed by atoms with Gasteiger partial charge in [-0.05, 0) is 29.5 Å². The summed E-state index contributed by atoms with van der Waals surface area (Å²) in [6.45, 7) is 7.78. The van der Waals surface area contributed by atoms with Crippen LogP contribution in [0.2, 0.25) is 0 Å². The minimum atomic E-state index is -0.302. The Morgan fingerprint density at radius 3 is 2.95 bits per heavy atom. The van der Waals surface area contributed by atoms with Gasteiger partial charge >= 0.3 is 0 Å². The molecule has 2 rings (SSSR count). The molecule has 0 fully saturated rings. The molecule has 104 valence electrons. The Hall–Kier alpha value is -1.39. The molecule has 0 aliphatic heterocycles. The summed E-state index contributed by atoms with van der Waals surface area (Å²) < 4.78 is 0. The van der Waals surface area contributed by atoms with Crippen molar-refractivity contribution in [3.05, 3.63) is 30.1 Å². The molecule has 0 spiro atoms. The number of H-pyrrole nitrogens is 1. The maximum absolute atomic E-state index is 9.94. The Morgan fingerprint density at radius 2 is 2.21 bits per heavy atom. The van der Waals surface area contributed by atoms with Crippen LogP contribution in [0.1, 0.15) is 32.8 Å². The number of aliphatic hydroxyl groups excluding tert-OH is 1. The van der Waals surface area contributed by atoms with E-state index in [1.807, 2.05) is 12.3 Å². The van der Waals surface area contributed by atoms with E-state index in [0.29, 0.717) is 6.54 Å². The van der Waals surface area contributed by atoms with E-state index in [9.17, 15) is 5.11 Å². The normalized spacial score (nSPS) is 13.9. The lowest BCUT2D eigenvalue weighted by Gasteiger charge is -2.22. The predicted octanol–water partition coefficient (Wildman–Crippen LogP) is 2.45. The van der Waals surface area contributed by atoms with Crippen LogP contribution in [-0.2, 0) is 6.54 Å². The summed E-state index contributed by atoms with van der Waals surface area (Å²) in [7, 11) is 0. The standard InChI is InChI=1S/C15H23N3O/c1-15(2,3)7-12(19)10-16-8-11-9-18-14-13(11)5-4-6-17-14/h4-6,9,12,16,19H,7-8,10H2,1-3H3,(H,17,18). The molecule has 0 radical (unpaired) electrons. The molecule has 0 aliphatic carbocycles. The summed E-state index contributed by atoms with van der Waals surface area (Å²) in [5.41, 5.74) is 2.26. The molecule has 4 nitrogen and oxygen atoms in total. The Morgan fingerprint density at radius 1 is 1.42 bits per heavy atom. The quantitative estimate of drug-likeness (QED) is 0.774. The van der Waals surface area contributed by atoms with E-state index in [4.69, 9.17) is 0 Å². The van der Waals surface area contributed by atoms with E-state index in [1.165, 1.54) is 5.56 Å². The van der Waals surface area contributed by atoms with Crippen LogP contribution < -0.4 is 5.32 Å². The Labute approximate surface area is 114 Å². The number of nitrogens with one attached hydrogen (secondary N) is 2. The lowest BCUT2D eigenvalue weighted by Crippen LogP contribution is -2.29. The summed E-state index contributed by atoms with van der Waals surface area (Å²) in [5.74, 6) is 0. The number of nitrogens with zero attached hydrogens (tertiary/aromatic N) is 1. The van der Waals surface area contributed by atoms with Gasteiger partial charge in [0.05, 0.1) is 6.10 Å². The lowest BCUT2D eigenvalue weighted by molar-refractivity contribution is 0.119. The van der Waals surface area contributed by atoms with Crippen molar-refractivity contribution in [1.82, 2.24) is 15.3 Å².